The summed E-state index contributed by atoms with van der Waals surface area (Å²) in [6.07, 6.45) is 3.47. The van der Waals surface area contributed by atoms with Gasteiger partial charge in [-0.1, -0.05) is 0 Å². The highest BCUT2D eigenvalue weighted by molar-refractivity contribution is 6.06. The first-order chi connectivity index (χ1) is 19.3. The van der Waals surface area contributed by atoms with E-state index in [1.165, 1.54) is 24.5 Å². The van der Waals surface area contributed by atoms with Crippen LogP contribution in [0.3, 0.4) is 0 Å². The van der Waals surface area contributed by atoms with Crippen molar-refractivity contribution in [1.82, 2.24) is 14.1 Å². The maximum absolute atomic E-state index is 14.4. The fraction of sp³-hybridized carbons (Fsp3) is 0.160. The summed E-state index contributed by atoms with van der Waals surface area (Å²) >= 11 is 0. The summed E-state index contributed by atoms with van der Waals surface area (Å²) in [6.45, 7) is 0.297. The maximum Gasteiger partial charge on any atom is 0.380 e. The van der Waals surface area contributed by atoms with E-state index in [-0.39, 0.29) is 21.8 Å². The average Bonchev–Trinajstić information content (AvgIpc) is 3.74. The van der Waals surface area contributed by atoms with E-state index < -0.39 is 58.1 Å². The number of nitrogens with zero attached hydrogens (tertiary/aromatic N) is 4. The first-order valence-electron chi connectivity index (χ1n) is 11.4. The molecular weight excluding hydrogens is 535 g/mol. The number of hydrogen-bond donors (Lipinski definition) is 0. The van der Waals surface area contributed by atoms with Gasteiger partial charge in [-0.05, 0) is 31.0 Å². The quantitative estimate of drug-likeness (QED) is 0.319. The van der Waals surface area contributed by atoms with Crippen LogP contribution in [0.4, 0.5) is 4.39 Å². The highest BCUT2D eigenvalue weighted by Crippen LogP contribution is 2.23. The minimum absolute atomic E-state index is 0.00626. The Kier molecular flexibility index (Phi) is 6.91. The number of esters is 2. The van der Waals surface area contributed by atoms with Gasteiger partial charge in [0, 0.05) is 12.7 Å². The van der Waals surface area contributed by atoms with E-state index >= 15 is 0 Å². The lowest BCUT2D eigenvalue weighted by Crippen LogP contribution is -2.46. The smallest absolute Gasteiger partial charge is 0.380 e. The van der Waals surface area contributed by atoms with Gasteiger partial charge in [-0.3, -0.25) is 14.2 Å². The van der Waals surface area contributed by atoms with Crippen molar-refractivity contribution in [1.29, 1.82) is 5.26 Å². The molecule has 0 radical (unpaired) electrons. The molecule has 1 atom stereocenters. The summed E-state index contributed by atoms with van der Waals surface area (Å²) in [5, 5.41) is 9.38. The summed E-state index contributed by atoms with van der Waals surface area (Å²) in [4.78, 5) is 67.5. The van der Waals surface area contributed by atoms with Gasteiger partial charge in [-0.25, -0.2) is 14.4 Å². The number of rotatable bonds is 6. The fourth-order valence-electron chi connectivity index (χ4n) is 3.77. The average molecular weight is 550 g/mol. The second kappa shape index (κ2) is 10.6. The van der Waals surface area contributed by atoms with E-state index in [0.717, 1.165) is 23.2 Å². The third-order valence-electron chi connectivity index (χ3n) is 5.67. The number of halogens is 1. The highest BCUT2D eigenvalue weighted by Gasteiger charge is 2.29. The van der Waals surface area contributed by atoms with Crippen LogP contribution in [0.15, 0.2) is 67.7 Å². The van der Waals surface area contributed by atoms with Gasteiger partial charge < -0.3 is 23.0 Å². The van der Waals surface area contributed by atoms with Crippen LogP contribution in [0.2, 0.25) is 0 Å². The zero-order valence-electron chi connectivity index (χ0n) is 20.1. The number of pyridine rings is 1. The van der Waals surface area contributed by atoms with Crippen molar-refractivity contribution in [2.45, 2.75) is 19.1 Å². The number of aromatic nitrogens is 3. The molecule has 0 amide bonds. The van der Waals surface area contributed by atoms with Gasteiger partial charge in [-0.15, -0.1) is 0 Å². The Morgan fingerprint density at radius 1 is 1.10 bits per heavy atom. The van der Waals surface area contributed by atoms with E-state index in [4.69, 9.17) is 23.0 Å². The molecule has 5 heterocycles. The summed E-state index contributed by atoms with van der Waals surface area (Å²) in [7, 11) is 0. The Hall–Kier alpha value is -5.62. The monoisotopic (exact) mass is 550 g/mol. The standard InChI is InChI=1S/C25H15FN4O10/c26-16-10-29(19-4-2-8-38-19)25(35)30(22(16)32)21(31)14-11-36-12-15(14)23(33)40-20-13(9-27)5-6-18(28-20)39-24(34)17-3-1-7-37-17/h1,3,5-7,10-12,19H,2,4,8H2. The van der Waals surface area contributed by atoms with Crippen molar-refractivity contribution < 1.29 is 41.8 Å². The van der Waals surface area contributed by atoms with Gasteiger partial charge in [0.15, 0.2) is 0 Å². The molecule has 4 aromatic heterocycles. The molecule has 4 aromatic rings. The zero-order valence-corrected chi connectivity index (χ0v) is 20.1. The van der Waals surface area contributed by atoms with Crippen LogP contribution in [-0.2, 0) is 4.74 Å². The van der Waals surface area contributed by atoms with Crippen molar-refractivity contribution >= 4 is 17.8 Å². The van der Waals surface area contributed by atoms with Crippen LogP contribution in [0, 0.1) is 17.1 Å². The molecule has 5 rings (SSSR count). The van der Waals surface area contributed by atoms with E-state index in [9.17, 15) is 33.6 Å². The van der Waals surface area contributed by atoms with E-state index in [0.29, 0.717) is 25.6 Å². The van der Waals surface area contributed by atoms with Gasteiger partial charge in [0.25, 0.3) is 11.5 Å². The molecule has 1 aliphatic rings. The van der Waals surface area contributed by atoms with E-state index in [1.807, 2.05) is 0 Å². The second-order valence-electron chi connectivity index (χ2n) is 8.15. The van der Waals surface area contributed by atoms with Gasteiger partial charge >= 0.3 is 17.6 Å². The predicted octanol–water partition coefficient (Wildman–Crippen LogP) is 2.04. The van der Waals surface area contributed by atoms with Crippen LogP contribution >= 0.6 is 0 Å². The van der Waals surface area contributed by atoms with Crippen molar-refractivity contribution in [3.63, 3.8) is 0 Å². The number of hydrogen-bond acceptors (Lipinski definition) is 12. The Morgan fingerprint density at radius 3 is 2.60 bits per heavy atom. The lowest BCUT2D eigenvalue weighted by atomic mass is 10.2. The summed E-state index contributed by atoms with van der Waals surface area (Å²) in [6, 6.07) is 6.85. The lowest BCUT2D eigenvalue weighted by Gasteiger charge is -2.14. The van der Waals surface area contributed by atoms with E-state index in [1.54, 1.807) is 6.07 Å². The minimum Gasteiger partial charge on any atom is -0.471 e. The molecule has 40 heavy (non-hydrogen) atoms. The van der Waals surface area contributed by atoms with Gasteiger partial charge in [0.2, 0.25) is 23.3 Å². The molecule has 14 nitrogen and oxygen atoms in total. The fourth-order valence-corrected chi connectivity index (χ4v) is 3.77. The maximum atomic E-state index is 14.4. The first kappa shape index (κ1) is 26.0. The number of carbonyl (C=O) groups is 3. The highest BCUT2D eigenvalue weighted by atomic mass is 19.1. The van der Waals surface area contributed by atoms with Crippen molar-refractivity contribution in [2.24, 2.45) is 0 Å². The Labute approximate surface area is 221 Å². The minimum atomic E-state index is -1.55. The van der Waals surface area contributed by atoms with Crippen LogP contribution < -0.4 is 20.7 Å². The molecule has 15 heteroatoms. The third kappa shape index (κ3) is 4.81. The number of furan rings is 2. The number of ether oxygens (including phenoxy) is 3. The van der Waals surface area contributed by atoms with Gasteiger partial charge in [-0.2, -0.15) is 19.2 Å². The van der Waals surface area contributed by atoms with Crippen molar-refractivity contribution in [2.75, 3.05) is 6.61 Å². The normalized spacial score (nSPS) is 14.4. The summed E-state index contributed by atoms with van der Waals surface area (Å²) < 4.78 is 40.6. The molecule has 0 spiro atoms. The molecule has 0 bridgehead atoms. The van der Waals surface area contributed by atoms with Crippen molar-refractivity contribution in [3.8, 4) is 17.8 Å². The van der Waals surface area contributed by atoms with Crippen molar-refractivity contribution in [3.05, 3.63) is 98.4 Å². The molecule has 1 unspecified atom stereocenters. The van der Waals surface area contributed by atoms with E-state index in [2.05, 4.69) is 4.98 Å². The van der Waals surface area contributed by atoms with Crippen LogP contribution in [0.25, 0.3) is 0 Å². The molecule has 0 aliphatic carbocycles. The number of carbonyl (C=O) groups excluding carboxylic acids is 3. The SMILES string of the molecule is N#Cc1ccc(OC(=O)c2ccco2)nc1OC(=O)c1cocc1C(=O)n1c(=O)c(F)cn(C2CCCO2)c1=O. The second-order valence-corrected chi connectivity index (χ2v) is 8.15. The molecule has 1 aliphatic heterocycles. The predicted molar refractivity (Wildman–Crippen MR) is 125 cm³/mol. The Morgan fingerprint density at radius 2 is 1.90 bits per heavy atom. The molecule has 1 saturated heterocycles. The summed E-state index contributed by atoms with van der Waals surface area (Å²) in [5.74, 6) is -6.09. The molecular formula is C25H15FN4O10. The molecule has 0 saturated carbocycles. The molecule has 202 valence electrons. The third-order valence-corrected chi connectivity index (χ3v) is 5.67. The Balaban J connectivity index is 1.44. The van der Waals surface area contributed by atoms with Gasteiger partial charge in [0.1, 0.15) is 36.0 Å². The molecule has 1 fully saturated rings. The van der Waals surface area contributed by atoms with Crippen LogP contribution in [0.1, 0.15) is 55.9 Å². The summed E-state index contributed by atoms with van der Waals surface area (Å²) in [5.41, 5.74) is -4.18. The first-order valence-corrected chi connectivity index (χ1v) is 11.4. The Bertz CT molecular complexity index is 1790. The lowest BCUT2D eigenvalue weighted by molar-refractivity contribution is 0.0500. The molecule has 0 aromatic carbocycles. The van der Waals surface area contributed by atoms with Crippen LogP contribution in [0.5, 0.6) is 11.8 Å². The van der Waals surface area contributed by atoms with Crippen LogP contribution in [-0.4, -0.2) is 38.6 Å². The molecule has 0 N–H and O–H groups in total. The zero-order chi connectivity index (χ0) is 28.4. The largest absolute Gasteiger partial charge is 0.471 e. The topological polar surface area (TPSA) is 186 Å². The number of nitriles is 1. The van der Waals surface area contributed by atoms with Gasteiger partial charge in [0.05, 0.1) is 18.0 Å².